The maximum absolute atomic E-state index is 12.2. The van der Waals surface area contributed by atoms with E-state index in [1.807, 2.05) is 32.0 Å². The van der Waals surface area contributed by atoms with Crippen LogP contribution < -0.4 is 9.47 Å². The number of hydrogen-bond acceptors (Lipinski definition) is 3. The van der Waals surface area contributed by atoms with Crippen molar-refractivity contribution >= 4 is 5.78 Å². The first-order chi connectivity index (χ1) is 10.2. The second kappa shape index (κ2) is 10.3. The molecule has 1 aromatic rings. The van der Waals surface area contributed by atoms with Crippen LogP contribution in [0.15, 0.2) is 18.2 Å². The van der Waals surface area contributed by atoms with Crippen molar-refractivity contribution in [3.63, 3.8) is 0 Å². The third-order valence-electron chi connectivity index (χ3n) is 3.37. The molecular formula is C18H28O3. The molecule has 3 heteroatoms. The van der Waals surface area contributed by atoms with Gasteiger partial charge in [-0.1, -0.05) is 32.6 Å². The Kier molecular flexibility index (Phi) is 8.56. The van der Waals surface area contributed by atoms with Gasteiger partial charge in [-0.15, -0.1) is 0 Å². The Balaban J connectivity index is 2.60. The van der Waals surface area contributed by atoms with E-state index in [0.717, 1.165) is 18.4 Å². The summed E-state index contributed by atoms with van der Waals surface area (Å²) in [5.74, 6) is 1.56. The lowest BCUT2D eigenvalue weighted by molar-refractivity contribution is 0.0978. The predicted octanol–water partition coefficient (Wildman–Crippen LogP) is 5.03. The number of carbonyl (C=O) groups excluding carboxylic acids is 1. The molecule has 3 nitrogen and oxygen atoms in total. The lowest BCUT2D eigenvalue weighted by Gasteiger charge is -2.12. The molecular weight excluding hydrogens is 264 g/mol. The number of Topliss-reactive ketones (excluding diaryl/α,β-unsaturated/α-hetero) is 1. The minimum atomic E-state index is 0.190. The van der Waals surface area contributed by atoms with Crippen LogP contribution in [-0.4, -0.2) is 19.0 Å². The van der Waals surface area contributed by atoms with Gasteiger partial charge in [0.2, 0.25) is 0 Å². The fraction of sp³-hybridized carbons (Fsp3) is 0.611. The second-order valence-corrected chi connectivity index (χ2v) is 5.11. The Morgan fingerprint density at radius 1 is 0.905 bits per heavy atom. The number of unbranched alkanes of at least 4 members (excludes halogenated alkanes) is 4. The van der Waals surface area contributed by atoms with E-state index in [-0.39, 0.29) is 5.78 Å². The first-order valence-electron chi connectivity index (χ1n) is 8.15. The Hall–Kier alpha value is -1.51. The smallest absolute Gasteiger partial charge is 0.163 e. The third kappa shape index (κ3) is 6.19. The summed E-state index contributed by atoms with van der Waals surface area (Å²) < 4.78 is 11.1. The maximum Gasteiger partial charge on any atom is 0.163 e. The highest BCUT2D eigenvalue weighted by Crippen LogP contribution is 2.29. The van der Waals surface area contributed by atoms with Gasteiger partial charge in [-0.05, 0) is 38.5 Å². The van der Waals surface area contributed by atoms with Crippen LogP contribution in [0.5, 0.6) is 11.5 Å². The highest BCUT2D eigenvalue weighted by molar-refractivity contribution is 5.96. The van der Waals surface area contributed by atoms with Gasteiger partial charge in [-0.2, -0.15) is 0 Å². The molecule has 0 radical (unpaired) electrons. The van der Waals surface area contributed by atoms with Crippen molar-refractivity contribution in [1.29, 1.82) is 0 Å². The normalized spacial score (nSPS) is 10.4. The van der Waals surface area contributed by atoms with E-state index in [1.54, 1.807) is 0 Å². The largest absolute Gasteiger partial charge is 0.490 e. The van der Waals surface area contributed by atoms with Gasteiger partial charge in [0, 0.05) is 12.0 Å². The molecule has 1 aromatic carbocycles. The van der Waals surface area contributed by atoms with Crippen molar-refractivity contribution in [2.45, 2.75) is 59.3 Å². The van der Waals surface area contributed by atoms with Crippen LogP contribution in [-0.2, 0) is 0 Å². The zero-order chi connectivity index (χ0) is 15.5. The molecule has 0 amide bonds. The van der Waals surface area contributed by atoms with Crippen LogP contribution in [0, 0.1) is 0 Å². The first kappa shape index (κ1) is 17.5. The Morgan fingerprint density at radius 2 is 1.57 bits per heavy atom. The fourth-order valence-corrected chi connectivity index (χ4v) is 2.26. The molecule has 0 atom stereocenters. The SMILES string of the molecule is CCCCCCCC(=O)c1ccc(OCC)c(OCC)c1. The zero-order valence-corrected chi connectivity index (χ0v) is 13.6. The molecule has 0 aliphatic heterocycles. The maximum atomic E-state index is 12.2. The molecule has 0 fully saturated rings. The van der Waals surface area contributed by atoms with E-state index in [4.69, 9.17) is 9.47 Å². The van der Waals surface area contributed by atoms with Gasteiger partial charge in [0.1, 0.15) is 0 Å². The van der Waals surface area contributed by atoms with Gasteiger partial charge < -0.3 is 9.47 Å². The molecule has 0 saturated heterocycles. The summed E-state index contributed by atoms with van der Waals surface area (Å²) in [5, 5.41) is 0. The molecule has 0 spiro atoms. The Bertz CT molecular complexity index is 426. The minimum absolute atomic E-state index is 0.190. The molecule has 0 aromatic heterocycles. The Morgan fingerprint density at radius 3 is 2.24 bits per heavy atom. The van der Waals surface area contributed by atoms with Crippen LogP contribution >= 0.6 is 0 Å². The van der Waals surface area contributed by atoms with Gasteiger partial charge >= 0.3 is 0 Å². The average Bonchev–Trinajstić information content (AvgIpc) is 2.49. The number of ether oxygens (including phenoxy) is 2. The van der Waals surface area contributed by atoms with Crippen molar-refractivity contribution in [2.75, 3.05) is 13.2 Å². The summed E-state index contributed by atoms with van der Waals surface area (Å²) in [6.07, 6.45) is 6.42. The van der Waals surface area contributed by atoms with Gasteiger partial charge in [0.15, 0.2) is 17.3 Å². The third-order valence-corrected chi connectivity index (χ3v) is 3.37. The zero-order valence-electron chi connectivity index (χ0n) is 13.6. The summed E-state index contributed by atoms with van der Waals surface area (Å²) in [7, 11) is 0. The summed E-state index contributed by atoms with van der Waals surface area (Å²) in [6.45, 7) is 7.21. The fourth-order valence-electron chi connectivity index (χ4n) is 2.26. The van der Waals surface area contributed by atoms with Crippen LogP contribution in [0.25, 0.3) is 0 Å². The van der Waals surface area contributed by atoms with Crippen molar-refractivity contribution < 1.29 is 14.3 Å². The standard InChI is InChI=1S/C18H28O3/c1-4-7-8-9-10-11-16(19)15-12-13-17(20-5-2)18(14-15)21-6-3/h12-14H,4-11H2,1-3H3. The van der Waals surface area contributed by atoms with E-state index >= 15 is 0 Å². The Labute approximate surface area is 128 Å². The summed E-state index contributed by atoms with van der Waals surface area (Å²) in [5.41, 5.74) is 0.720. The first-order valence-corrected chi connectivity index (χ1v) is 8.15. The van der Waals surface area contributed by atoms with Gasteiger partial charge in [-0.3, -0.25) is 4.79 Å². The predicted molar refractivity (Wildman–Crippen MR) is 86.5 cm³/mol. The molecule has 0 unspecified atom stereocenters. The second-order valence-electron chi connectivity index (χ2n) is 5.11. The molecule has 0 aliphatic carbocycles. The van der Waals surface area contributed by atoms with Crippen LogP contribution in [0.1, 0.15) is 69.7 Å². The van der Waals surface area contributed by atoms with Crippen molar-refractivity contribution in [1.82, 2.24) is 0 Å². The molecule has 21 heavy (non-hydrogen) atoms. The molecule has 118 valence electrons. The highest BCUT2D eigenvalue weighted by Gasteiger charge is 2.11. The lowest BCUT2D eigenvalue weighted by Crippen LogP contribution is -2.03. The van der Waals surface area contributed by atoms with Crippen molar-refractivity contribution in [2.24, 2.45) is 0 Å². The van der Waals surface area contributed by atoms with E-state index < -0.39 is 0 Å². The van der Waals surface area contributed by atoms with Crippen LogP contribution in [0.4, 0.5) is 0 Å². The van der Waals surface area contributed by atoms with E-state index in [9.17, 15) is 4.79 Å². The minimum Gasteiger partial charge on any atom is -0.490 e. The number of ketones is 1. The van der Waals surface area contributed by atoms with Gasteiger partial charge in [-0.25, -0.2) is 0 Å². The lowest BCUT2D eigenvalue weighted by atomic mass is 10.0. The number of hydrogen-bond donors (Lipinski definition) is 0. The topological polar surface area (TPSA) is 35.5 Å². The molecule has 0 heterocycles. The van der Waals surface area contributed by atoms with Gasteiger partial charge in [0.05, 0.1) is 13.2 Å². The van der Waals surface area contributed by atoms with Crippen molar-refractivity contribution in [3.05, 3.63) is 23.8 Å². The van der Waals surface area contributed by atoms with E-state index in [1.165, 1.54) is 19.3 Å². The van der Waals surface area contributed by atoms with Crippen molar-refractivity contribution in [3.8, 4) is 11.5 Å². The molecule has 0 aliphatic rings. The number of carbonyl (C=O) groups is 1. The highest BCUT2D eigenvalue weighted by atomic mass is 16.5. The van der Waals surface area contributed by atoms with Gasteiger partial charge in [0.25, 0.3) is 0 Å². The summed E-state index contributed by atoms with van der Waals surface area (Å²) >= 11 is 0. The van der Waals surface area contributed by atoms with Crippen LogP contribution in [0.2, 0.25) is 0 Å². The average molecular weight is 292 g/mol. The summed E-state index contributed by atoms with van der Waals surface area (Å²) in [4.78, 5) is 12.2. The molecule has 0 bridgehead atoms. The van der Waals surface area contributed by atoms with E-state index in [2.05, 4.69) is 6.92 Å². The monoisotopic (exact) mass is 292 g/mol. The number of benzene rings is 1. The summed E-state index contributed by atoms with van der Waals surface area (Å²) in [6, 6.07) is 5.48. The number of rotatable bonds is 11. The molecule has 0 N–H and O–H groups in total. The van der Waals surface area contributed by atoms with Crippen LogP contribution in [0.3, 0.4) is 0 Å². The molecule has 0 saturated carbocycles. The quantitative estimate of drug-likeness (QED) is 0.424. The van der Waals surface area contributed by atoms with E-state index in [0.29, 0.717) is 31.1 Å². The molecule has 1 rings (SSSR count).